The second kappa shape index (κ2) is 9.39. The molecule has 1 saturated heterocycles. The van der Waals surface area contributed by atoms with Gasteiger partial charge in [0, 0.05) is 19.5 Å². The number of rotatable bonds is 7. The van der Waals surface area contributed by atoms with Crippen LogP contribution >= 0.6 is 11.3 Å². The molecule has 3 rings (SSSR count). The predicted molar refractivity (Wildman–Crippen MR) is 103 cm³/mol. The molecule has 160 valence electrons. The van der Waals surface area contributed by atoms with Crippen molar-refractivity contribution in [3.63, 3.8) is 0 Å². The third-order valence-corrected chi connectivity index (χ3v) is 6.12. The number of aromatic nitrogens is 3. The number of aliphatic hydroxyl groups excluding tert-OH is 4. The van der Waals surface area contributed by atoms with Crippen molar-refractivity contribution >= 4 is 17.2 Å². The minimum atomic E-state index is -1.45. The highest BCUT2D eigenvalue weighted by atomic mass is 32.1. The highest BCUT2D eigenvalue weighted by Crippen LogP contribution is 2.22. The average Bonchev–Trinajstić information content (AvgIpc) is 3.03. The Hall–Kier alpha value is -1.73. The molecule has 3 heterocycles. The Morgan fingerprint density at radius 1 is 1.24 bits per heavy atom. The molecule has 1 fully saturated rings. The molecule has 1 aliphatic rings. The first kappa shape index (κ1) is 22.0. The summed E-state index contributed by atoms with van der Waals surface area (Å²) < 4.78 is 13.0. The van der Waals surface area contributed by atoms with Gasteiger partial charge in [0.2, 0.25) is 5.51 Å². The van der Waals surface area contributed by atoms with E-state index in [4.69, 9.17) is 15.2 Å². The number of aliphatic hydroxyl groups is 4. The van der Waals surface area contributed by atoms with Gasteiger partial charge in [-0.15, -0.1) is 0 Å². The summed E-state index contributed by atoms with van der Waals surface area (Å²) >= 11 is 1.57. The summed E-state index contributed by atoms with van der Waals surface area (Å²) in [5.41, 5.74) is 9.84. The van der Waals surface area contributed by atoms with E-state index in [1.165, 1.54) is 0 Å². The summed E-state index contributed by atoms with van der Waals surface area (Å²) in [4.78, 5) is 9.46. The SMILES string of the molecule is Cc1ncc(C[n+]2csc(CCOC3O[C@H](CO)[C@H](O)[C@H](O)[C@H]3O)c2C)c(N)n1. The summed E-state index contributed by atoms with van der Waals surface area (Å²) in [5, 5.41) is 38.9. The highest BCUT2D eigenvalue weighted by Gasteiger charge is 2.43. The van der Waals surface area contributed by atoms with Crippen molar-refractivity contribution in [2.75, 3.05) is 18.9 Å². The Bertz CT molecular complexity index is 833. The molecule has 29 heavy (non-hydrogen) atoms. The number of nitrogens with zero attached hydrogens (tertiary/aromatic N) is 3. The Morgan fingerprint density at radius 2 is 2.00 bits per heavy atom. The molecule has 0 saturated carbocycles. The molecule has 0 amide bonds. The monoisotopic (exact) mass is 427 g/mol. The van der Waals surface area contributed by atoms with Crippen LogP contribution < -0.4 is 10.3 Å². The van der Waals surface area contributed by atoms with Gasteiger partial charge in [-0.25, -0.2) is 9.97 Å². The molecular weight excluding hydrogens is 400 g/mol. The van der Waals surface area contributed by atoms with E-state index in [0.717, 1.165) is 16.1 Å². The molecule has 10 nitrogen and oxygen atoms in total. The number of aryl methyl sites for hydroxylation is 1. The van der Waals surface area contributed by atoms with Crippen molar-refractivity contribution in [3.05, 3.63) is 33.7 Å². The normalized spacial score (nSPS) is 27.3. The molecule has 1 unspecified atom stereocenters. The molecule has 0 aromatic carbocycles. The van der Waals surface area contributed by atoms with Crippen molar-refractivity contribution in [1.82, 2.24) is 9.97 Å². The van der Waals surface area contributed by atoms with Gasteiger partial charge in [0.25, 0.3) is 0 Å². The molecule has 0 aliphatic carbocycles. The zero-order valence-electron chi connectivity index (χ0n) is 16.3. The van der Waals surface area contributed by atoms with E-state index in [-0.39, 0.29) is 6.61 Å². The molecule has 2 aromatic heterocycles. The molecule has 0 spiro atoms. The molecule has 0 bridgehead atoms. The zero-order chi connectivity index (χ0) is 21.1. The number of hydrogen-bond acceptors (Lipinski definition) is 10. The second-order valence-electron chi connectivity index (χ2n) is 7.01. The largest absolute Gasteiger partial charge is 0.394 e. The molecule has 0 radical (unpaired) electrons. The van der Waals surface area contributed by atoms with Gasteiger partial charge in [-0.1, -0.05) is 11.3 Å². The van der Waals surface area contributed by atoms with Crippen molar-refractivity contribution in [2.24, 2.45) is 0 Å². The average molecular weight is 428 g/mol. The predicted octanol–water partition coefficient (Wildman–Crippen LogP) is -1.57. The number of anilines is 1. The molecular formula is C18H27N4O6S+. The fraction of sp³-hybridized carbons (Fsp3) is 0.611. The first-order valence-electron chi connectivity index (χ1n) is 9.28. The molecule has 5 atom stereocenters. The van der Waals surface area contributed by atoms with Crippen LogP contribution in [0.2, 0.25) is 0 Å². The Morgan fingerprint density at radius 3 is 2.69 bits per heavy atom. The number of hydrogen-bond donors (Lipinski definition) is 5. The van der Waals surface area contributed by atoms with E-state index >= 15 is 0 Å². The van der Waals surface area contributed by atoms with E-state index in [1.807, 2.05) is 12.4 Å². The quantitative estimate of drug-likeness (QED) is 0.330. The zero-order valence-corrected chi connectivity index (χ0v) is 17.1. The lowest BCUT2D eigenvalue weighted by molar-refractivity contribution is -0.689. The van der Waals surface area contributed by atoms with Crippen molar-refractivity contribution in [1.29, 1.82) is 0 Å². The van der Waals surface area contributed by atoms with Gasteiger partial charge in [-0.3, -0.25) is 0 Å². The van der Waals surface area contributed by atoms with Gasteiger partial charge in [0.1, 0.15) is 36.1 Å². The smallest absolute Gasteiger partial charge is 0.225 e. The number of nitrogens with two attached hydrogens (primary N) is 1. The van der Waals surface area contributed by atoms with Crippen LogP contribution in [0.4, 0.5) is 5.82 Å². The Balaban J connectivity index is 1.58. The molecule has 1 aliphatic heterocycles. The van der Waals surface area contributed by atoms with Gasteiger partial charge < -0.3 is 35.6 Å². The first-order valence-corrected chi connectivity index (χ1v) is 10.2. The summed E-state index contributed by atoms with van der Waals surface area (Å²) in [6, 6.07) is 0. The van der Waals surface area contributed by atoms with Crippen molar-refractivity contribution in [2.45, 2.75) is 57.5 Å². The van der Waals surface area contributed by atoms with Crippen LogP contribution in [-0.4, -0.2) is 74.3 Å². The lowest BCUT2D eigenvalue weighted by Crippen LogP contribution is -2.59. The molecule has 6 N–H and O–H groups in total. The topological polar surface area (TPSA) is 155 Å². The maximum Gasteiger partial charge on any atom is 0.225 e. The summed E-state index contributed by atoms with van der Waals surface area (Å²) in [6.07, 6.45) is -4.05. The summed E-state index contributed by atoms with van der Waals surface area (Å²) in [5.74, 6) is 1.09. The number of thiazole rings is 1. The van der Waals surface area contributed by atoms with Crippen LogP contribution in [0.1, 0.15) is 22.0 Å². The third-order valence-electron chi connectivity index (χ3n) is 4.98. The first-order chi connectivity index (χ1) is 13.8. The third kappa shape index (κ3) is 4.89. The molecule has 11 heteroatoms. The highest BCUT2D eigenvalue weighted by molar-refractivity contribution is 7.09. The maximum absolute atomic E-state index is 10.0. The second-order valence-corrected chi connectivity index (χ2v) is 7.94. The Kier molecular flexibility index (Phi) is 7.11. The van der Waals surface area contributed by atoms with E-state index in [0.29, 0.717) is 24.6 Å². The summed E-state index contributed by atoms with van der Waals surface area (Å²) in [7, 11) is 0. The van der Waals surface area contributed by atoms with Crippen molar-refractivity contribution in [3.8, 4) is 0 Å². The maximum atomic E-state index is 10.0. The standard InChI is InChI=1S/C18H27N4O6S/c1-9-13(29-8-22(9)6-11-5-20-10(2)21-17(11)19)3-4-27-18-16(26)15(25)14(24)12(7-23)28-18/h5,8,12,14-16,18,23-26H,3-4,6-7H2,1-2H3,(H2,19,20,21)/q+1/t12-,14+,15+,16-,18?/m1/s1. The lowest BCUT2D eigenvalue weighted by atomic mass is 9.99. The Labute approximate surface area is 172 Å². The summed E-state index contributed by atoms with van der Waals surface area (Å²) in [6.45, 7) is 4.09. The van der Waals surface area contributed by atoms with Crippen LogP contribution in [-0.2, 0) is 22.4 Å². The van der Waals surface area contributed by atoms with Gasteiger partial charge in [0.15, 0.2) is 18.5 Å². The van der Waals surface area contributed by atoms with Crippen LogP contribution in [0, 0.1) is 13.8 Å². The van der Waals surface area contributed by atoms with Gasteiger partial charge in [-0.05, 0) is 6.92 Å². The van der Waals surface area contributed by atoms with Gasteiger partial charge in [-0.2, -0.15) is 4.57 Å². The fourth-order valence-corrected chi connectivity index (χ4v) is 4.11. The minimum absolute atomic E-state index is 0.236. The number of ether oxygens (including phenoxy) is 2. The minimum Gasteiger partial charge on any atom is -0.394 e. The van der Waals surface area contributed by atoms with Gasteiger partial charge in [0.05, 0.1) is 23.7 Å². The lowest BCUT2D eigenvalue weighted by Gasteiger charge is -2.39. The van der Waals surface area contributed by atoms with Crippen LogP contribution in [0.15, 0.2) is 11.7 Å². The van der Waals surface area contributed by atoms with Crippen LogP contribution in [0.5, 0.6) is 0 Å². The molecule has 2 aromatic rings. The number of nitrogen functional groups attached to an aromatic ring is 1. The van der Waals surface area contributed by atoms with Crippen LogP contribution in [0.3, 0.4) is 0 Å². The van der Waals surface area contributed by atoms with Gasteiger partial charge >= 0.3 is 0 Å². The van der Waals surface area contributed by atoms with E-state index < -0.39 is 37.3 Å². The van der Waals surface area contributed by atoms with E-state index in [1.54, 1.807) is 24.5 Å². The van der Waals surface area contributed by atoms with E-state index in [9.17, 15) is 20.4 Å². The fourth-order valence-electron chi connectivity index (χ4n) is 3.14. The van der Waals surface area contributed by atoms with E-state index in [2.05, 4.69) is 14.5 Å². The van der Waals surface area contributed by atoms with Crippen molar-refractivity contribution < 1.29 is 34.5 Å². The van der Waals surface area contributed by atoms with Crippen LogP contribution in [0.25, 0.3) is 0 Å².